The molecule has 11 heavy (non-hydrogen) atoms. The molecule has 1 aliphatic carbocycles. The van der Waals surface area contributed by atoms with Gasteiger partial charge in [0, 0.05) is 24.2 Å². The first-order chi connectivity index (χ1) is 5.00. The van der Waals surface area contributed by atoms with Crippen LogP contribution in [0.5, 0.6) is 0 Å². The predicted molar refractivity (Wildman–Crippen MR) is 46.3 cm³/mol. The highest BCUT2D eigenvalue weighted by Crippen LogP contribution is 2.43. The molecular formula is C9H18N2. The molecule has 0 radical (unpaired) electrons. The molecule has 2 nitrogen and oxygen atoms in total. The van der Waals surface area contributed by atoms with Gasteiger partial charge in [0.15, 0.2) is 0 Å². The first kappa shape index (κ1) is 7.56. The molecule has 3 fully saturated rings. The zero-order valence-corrected chi connectivity index (χ0v) is 7.67. The Kier molecular flexibility index (Phi) is 1.37. The van der Waals surface area contributed by atoms with E-state index in [4.69, 9.17) is 5.73 Å². The first-order valence-electron chi connectivity index (χ1n) is 4.52. The van der Waals surface area contributed by atoms with Gasteiger partial charge < -0.3 is 5.73 Å². The number of nitrogens with zero attached hydrogens (tertiary/aromatic N) is 1. The molecule has 3 aliphatic rings. The maximum Gasteiger partial charge on any atom is 0.0259 e. The lowest BCUT2D eigenvalue weighted by Crippen LogP contribution is -2.53. The Hall–Kier alpha value is -0.0800. The molecule has 3 atom stereocenters. The molecule has 2 saturated heterocycles. The molecular weight excluding hydrogens is 136 g/mol. The summed E-state index contributed by atoms with van der Waals surface area (Å²) >= 11 is 0. The van der Waals surface area contributed by atoms with Gasteiger partial charge in [-0.1, -0.05) is 0 Å². The van der Waals surface area contributed by atoms with E-state index in [-0.39, 0.29) is 0 Å². The van der Waals surface area contributed by atoms with Gasteiger partial charge >= 0.3 is 0 Å². The summed E-state index contributed by atoms with van der Waals surface area (Å²) in [6.07, 6.45) is 1.35. The lowest BCUT2D eigenvalue weighted by molar-refractivity contribution is 0.118. The normalized spacial score (nSPS) is 44.2. The van der Waals surface area contributed by atoms with E-state index < -0.39 is 0 Å². The smallest absolute Gasteiger partial charge is 0.0259 e. The zero-order valence-electron chi connectivity index (χ0n) is 7.67. The topological polar surface area (TPSA) is 29.3 Å². The highest BCUT2D eigenvalue weighted by atomic mass is 15.3. The van der Waals surface area contributed by atoms with Gasteiger partial charge in [0.1, 0.15) is 0 Å². The average Bonchev–Trinajstić information content (AvgIpc) is 2.38. The van der Waals surface area contributed by atoms with Crippen LogP contribution in [-0.2, 0) is 0 Å². The fourth-order valence-corrected chi connectivity index (χ4v) is 2.43. The summed E-state index contributed by atoms with van der Waals surface area (Å²) in [4.78, 5) is 2.56. The Bertz CT molecular complexity index is 171. The lowest BCUT2D eigenvalue weighted by atomic mass is 9.80. The fraction of sp³-hybridized carbons (Fsp3) is 1.00. The van der Waals surface area contributed by atoms with E-state index in [1.165, 1.54) is 13.0 Å². The summed E-state index contributed by atoms with van der Waals surface area (Å²) in [6.45, 7) is 8.07. The van der Waals surface area contributed by atoms with E-state index >= 15 is 0 Å². The zero-order chi connectivity index (χ0) is 8.22. The van der Waals surface area contributed by atoms with Gasteiger partial charge in [0.25, 0.3) is 0 Å². The van der Waals surface area contributed by atoms with Gasteiger partial charge in [0.2, 0.25) is 0 Å². The van der Waals surface area contributed by atoms with Crippen molar-refractivity contribution in [1.29, 1.82) is 0 Å². The van der Waals surface area contributed by atoms with Crippen molar-refractivity contribution >= 4 is 0 Å². The van der Waals surface area contributed by atoms with Crippen molar-refractivity contribution in [1.82, 2.24) is 4.90 Å². The number of hydrogen-bond acceptors (Lipinski definition) is 2. The summed E-state index contributed by atoms with van der Waals surface area (Å²) in [6, 6.07) is 1.18. The number of nitrogens with two attached hydrogens (primary N) is 1. The Balaban J connectivity index is 2.10. The van der Waals surface area contributed by atoms with E-state index in [0.717, 1.165) is 5.92 Å². The second kappa shape index (κ2) is 1.99. The molecule has 3 rings (SSSR count). The standard InChI is InChI=1S/C9H18N2/c1-9(2,3)11-5-6-4-7(11)8(6)10/h6-8H,4-5,10H2,1-3H3. The van der Waals surface area contributed by atoms with Crippen molar-refractivity contribution in [3.05, 3.63) is 0 Å². The summed E-state index contributed by atoms with van der Waals surface area (Å²) in [5.74, 6) is 0.805. The molecule has 2 aliphatic heterocycles. The third-order valence-electron chi connectivity index (χ3n) is 3.23. The minimum atomic E-state index is 0.327. The molecule has 0 aromatic rings. The number of fused-ring (bicyclic) bond motifs is 1. The summed E-state index contributed by atoms with van der Waals surface area (Å²) < 4.78 is 0. The monoisotopic (exact) mass is 154 g/mol. The molecule has 0 amide bonds. The van der Waals surface area contributed by atoms with Crippen molar-refractivity contribution in [3.63, 3.8) is 0 Å². The molecule has 2 bridgehead atoms. The second-order valence-electron chi connectivity index (χ2n) is 4.96. The summed E-state index contributed by atoms with van der Waals surface area (Å²) in [7, 11) is 0. The summed E-state index contributed by atoms with van der Waals surface area (Å²) in [5, 5.41) is 0. The van der Waals surface area contributed by atoms with Crippen molar-refractivity contribution in [2.45, 2.75) is 44.8 Å². The maximum absolute atomic E-state index is 5.97. The Morgan fingerprint density at radius 1 is 1.36 bits per heavy atom. The molecule has 64 valence electrons. The lowest BCUT2D eigenvalue weighted by Gasteiger charge is -2.39. The van der Waals surface area contributed by atoms with Crippen LogP contribution in [0.4, 0.5) is 0 Å². The molecule has 2 heteroatoms. The van der Waals surface area contributed by atoms with Gasteiger partial charge in [-0.2, -0.15) is 0 Å². The molecule has 3 unspecified atom stereocenters. The predicted octanol–water partition coefficient (Wildman–Crippen LogP) is 0.816. The highest BCUT2D eigenvalue weighted by Gasteiger charge is 2.52. The third-order valence-corrected chi connectivity index (χ3v) is 3.23. The van der Waals surface area contributed by atoms with Gasteiger partial charge in [-0.05, 0) is 33.1 Å². The van der Waals surface area contributed by atoms with Crippen molar-refractivity contribution in [2.24, 2.45) is 11.7 Å². The SMILES string of the molecule is CC(C)(C)N1CC2CC1C2N. The van der Waals surface area contributed by atoms with Gasteiger partial charge in [0.05, 0.1) is 0 Å². The molecule has 0 aromatic heterocycles. The molecule has 0 aromatic carbocycles. The van der Waals surface area contributed by atoms with E-state index in [1.807, 2.05) is 0 Å². The van der Waals surface area contributed by atoms with Crippen LogP contribution >= 0.6 is 0 Å². The highest BCUT2D eigenvalue weighted by molar-refractivity contribution is 5.09. The van der Waals surface area contributed by atoms with Crippen molar-refractivity contribution < 1.29 is 0 Å². The largest absolute Gasteiger partial charge is 0.326 e. The van der Waals surface area contributed by atoms with Crippen LogP contribution in [-0.4, -0.2) is 29.1 Å². The maximum atomic E-state index is 5.97. The molecule has 2 heterocycles. The van der Waals surface area contributed by atoms with Gasteiger partial charge in [-0.25, -0.2) is 0 Å². The van der Waals surface area contributed by atoms with Crippen LogP contribution < -0.4 is 5.73 Å². The second-order valence-corrected chi connectivity index (χ2v) is 4.96. The van der Waals surface area contributed by atoms with E-state index in [0.29, 0.717) is 17.6 Å². The van der Waals surface area contributed by atoms with Crippen LogP contribution in [0.25, 0.3) is 0 Å². The average molecular weight is 154 g/mol. The third kappa shape index (κ3) is 0.926. The van der Waals surface area contributed by atoms with Crippen LogP contribution in [0.3, 0.4) is 0 Å². The Morgan fingerprint density at radius 2 is 2.00 bits per heavy atom. The fourth-order valence-electron chi connectivity index (χ4n) is 2.43. The van der Waals surface area contributed by atoms with Crippen LogP contribution in [0, 0.1) is 5.92 Å². The van der Waals surface area contributed by atoms with Crippen LogP contribution in [0.1, 0.15) is 27.2 Å². The van der Waals surface area contributed by atoms with Gasteiger partial charge in [-0.3, -0.25) is 4.90 Å². The quantitative estimate of drug-likeness (QED) is 0.559. The van der Waals surface area contributed by atoms with Crippen molar-refractivity contribution in [3.8, 4) is 0 Å². The van der Waals surface area contributed by atoms with E-state index in [9.17, 15) is 0 Å². The van der Waals surface area contributed by atoms with Gasteiger partial charge in [-0.15, -0.1) is 0 Å². The Morgan fingerprint density at radius 3 is 2.18 bits per heavy atom. The first-order valence-corrected chi connectivity index (χ1v) is 4.52. The molecule has 1 saturated carbocycles. The molecule has 0 spiro atoms. The van der Waals surface area contributed by atoms with Crippen LogP contribution in [0.15, 0.2) is 0 Å². The minimum Gasteiger partial charge on any atom is -0.326 e. The van der Waals surface area contributed by atoms with Crippen molar-refractivity contribution in [2.75, 3.05) is 6.54 Å². The molecule has 2 N–H and O–H groups in total. The Labute approximate surface area is 68.7 Å². The van der Waals surface area contributed by atoms with E-state index in [1.54, 1.807) is 0 Å². The minimum absolute atomic E-state index is 0.327. The summed E-state index contributed by atoms with van der Waals surface area (Å²) in [5.41, 5.74) is 6.30. The number of rotatable bonds is 0. The van der Waals surface area contributed by atoms with E-state index in [2.05, 4.69) is 25.7 Å². The van der Waals surface area contributed by atoms with Crippen LogP contribution in [0.2, 0.25) is 0 Å². The number of hydrogen-bond donors (Lipinski definition) is 1.